The molecule has 1 aromatic heterocycles. The fourth-order valence-electron chi connectivity index (χ4n) is 1.43. The van der Waals surface area contributed by atoms with Crippen LogP contribution in [0.25, 0.3) is 0 Å². The van der Waals surface area contributed by atoms with Crippen LogP contribution in [0.2, 0.25) is 0 Å². The van der Waals surface area contributed by atoms with Gasteiger partial charge in [-0.2, -0.15) is 0 Å². The van der Waals surface area contributed by atoms with E-state index in [1.165, 1.54) is 18.5 Å². The van der Waals surface area contributed by atoms with Crippen molar-refractivity contribution in [3.63, 3.8) is 0 Å². The third-order valence-electron chi connectivity index (χ3n) is 2.40. The van der Waals surface area contributed by atoms with Crippen molar-refractivity contribution in [1.82, 2.24) is 4.98 Å². The van der Waals surface area contributed by atoms with E-state index in [0.29, 0.717) is 5.69 Å². The molecule has 2 rings (SSSR count). The Morgan fingerprint density at radius 1 is 1.10 bits per heavy atom. The van der Waals surface area contributed by atoms with Crippen LogP contribution in [-0.4, -0.2) is 16.9 Å². The molecular formula is C15H12N2O3. The second kappa shape index (κ2) is 6.29. The third kappa shape index (κ3) is 3.52. The van der Waals surface area contributed by atoms with Crippen molar-refractivity contribution in [2.24, 2.45) is 0 Å². The average Bonchev–Trinajstić information content (AvgIpc) is 2.49. The maximum atomic E-state index is 11.7. The molecule has 20 heavy (non-hydrogen) atoms. The van der Waals surface area contributed by atoms with Crippen LogP contribution >= 0.6 is 0 Å². The van der Waals surface area contributed by atoms with Crippen LogP contribution in [0.15, 0.2) is 67.1 Å². The van der Waals surface area contributed by atoms with Gasteiger partial charge in [0.1, 0.15) is 5.70 Å². The molecule has 0 bridgehead atoms. The Hall–Kier alpha value is -2.95. The van der Waals surface area contributed by atoms with Gasteiger partial charge < -0.3 is 10.1 Å². The monoisotopic (exact) mass is 268 g/mol. The number of hydrogen-bond acceptors (Lipinski definition) is 5. The molecule has 0 saturated carbocycles. The molecule has 0 aliphatic heterocycles. The number of rotatable bonds is 4. The number of para-hydroxylation sites is 1. The van der Waals surface area contributed by atoms with Crippen molar-refractivity contribution in [3.05, 3.63) is 72.7 Å². The van der Waals surface area contributed by atoms with E-state index in [4.69, 9.17) is 4.74 Å². The van der Waals surface area contributed by atoms with Gasteiger partial charge in [0.25, 0.3) is 0 Å². The lowest BCUT2D eigenvalue weighted by Crippen LogP contribution is -2.18. The minimum atomic E-state index is -0.831. The molecule has 0 fully saturated rings. The molecule has 0 aliphatic carbocycles. The van der Waals surface area contributed by atoms with Crippen molar-refractivity contribution in [3.8, 4) is 0 Å². The van der Waals surface area contributed by atoms with Crippen molar-refractivity contribution in [2.45, 2.75) is 0 Å². The first-order valence-corrected chi connectivity index (χ1v) is 5.84. The van der Waals surface area contributed by atoms with Crippen LogP contribution in [0, 0.1) is 0 Å². The first-order chi connectivity index (χ1) is 9.66. The lowest BCUT2D eigenvalue weighted by molar-refractivity contribution is -0.133. The quantitative estimate of drug-likeness (QED) is 0.524. The number of carbonyl (C=O) groups excluding carboxylic acids is 2. The van der Waals surface area contributed by atoms with Crippen LogP contribution in [0.3, 0.4) is 0 Å². The van der Waals surface area contributed by atoms with Gasteiger partial charge in [-0.15, -0.1) is 0 Å². The number of carbonyl (C=O) groups is 2. The lowest BCUT2D eigenvalue weighted by atomic mass is 10.3. The summed E-state index contributed by atoms with van der Waals surface area (Å²) in [7, 11) is 0. The van der Waals surface area contributed by atoms with Gasteiger partial charge in [0, 0.05) is 18.1 Å². The van der Waals surface area contributed by atoms with Crippen LogP contribution in [0.1, 0.15) is 10.4 Å². The first kappa shape index (κ1) is 13.5. The maximum Gasteiger partial charge on any atom is 0.362 e. The molecule has 0 unspecified atom stereocenters. The molecule has 0 aliphatic rings. The summed E-state index contributed by atoms with van der Waals surface area (Å²) in [4.78, 5) is 27.1. The summed E-state index contributed by atoms with van der Waals surface area (Å²) in [6.45, 7) is 3.54. The first-order valence-electron chi connectivity index (χ1n) is 5.84. The number of ether oxygens (including phenoxy) is 1. The van der Waals surface area contributed by atoms with Gasteiger partial charge in [0.05, 0.1) is 5.56 Å². The summed E-state index contributed by atoms with van der Waals surface area (Å²) in [6.07, 6.45) is 2.84. The molecule has 1 aromatic carbocycles. The van der Waals surface area contributed by atoms with Crippen LogP contribution in [0.4, 0.5) is 5.69 Å². The predicted molar refractivity (Wildman–Crippen MR) is 73.9 cm³/mol. The fraction of sp³-hybridized carbons (Fsp3) is 0. The minimum Gasteiger partial charge on any atom is -0.385 e. The molecule has 0 saturated heterocycles. The highest BCUT2D eigenvalue weighted by molar-refractivity contribution is 6.03. The molecule has 1 heterocycles. The molecule has 0 spiro atoms. The van der Waals surface area contributed by atoms with Gasteiger partial charge in [0.15, 0.2) is 0 Å². The van der Waals surface area contributed by atoms with Crippen molar-refractivity contribution in [2.75, 3.05) is 5.32 Å². The van der Waals surface area contributed by atoms with E-state index >= 15 is 0 Å². The van der Waals surface area contributed by atoms with E-state index in [1.807, 2.05) is 18.2 Å². The standard InChI is InChI=1S/C15H12N2O3/c1-11(17-13-7-3-2-4-8-13)14(18)20-15(19)12-6-5-9-16-10-12/h2-10,17H,1H2. The van der Waals surface area contributed by atoms with Gasteiger partial charge in [-0.3, -0.25) is 4.98 Å². The zero-order valence-electron chi connectivity index (χ0n) is 10.6. The van der Waals surface area contributed by atoms with E-state index in [2.05, 4.69) is 16.9 Å². The Bertz CT molecular complexity index is 624. The van der Waals surface area contributed by atoms with Crippen molar-refractivity contribution < 1.29 is 14.3 Å². The summed E-state index contributed by atoms with van der Waals surface area (Å²) in [5, 5.41) is 2.76. The molecule has 0 atom stereocenters. The zero-order chi connectivity index (χ0) is 14.4. The summed E-state index contributed by atoms with van der Waals surface area (Å²) in [5.41, 5.74) is 0.866. The topological polar surface area (TPSA) is 68.3 Å². The van der Waals surface area contributed by atoms with E-state index < -0.39 is 11.9 Å². The number of esters is 2. The molecule has 5 heteroatoms. The molecule has 100 valence electrons. The lowest BCUT2D eigenvalue weighted by Gasteiger charge is -2.08. The maximum absolute atomic E-state index is 11.7. The van der Waals surface area contributed by atoms with E-state index in [-0.39, 0.29) is 11.3 Å². The fourth-order valence-corrected chi connectivity index (χ4v) is 1.43. The van der Waals surface area contributed by atoms with Gasteiger partial charge in [-0.1, -0.05) is 24.8 Å². The highest BCUT2D eigenvalue weighted by Crippen LogP contribution is 2.09. The molecule has 5 nitrogen and oxygen atoms in total. The SMILES string of the molecule is C=C(Nc1ccccc1)C(=O)OC(=O)c1cccnc1. The second-order valence-corrected chi connectivity index (χ2v) is 3.89. The Labute approximate surface area is 115 Å². The zero-order valence-corrected chi connectivity index (χ0v) is 10.6. The van der Waals surface area contributed by atoms with Gasteiger partial charge in [0.2, 0.25) is 0 Å². The predicted octanol–water partition coefficient (Wildman–Crippen LogP) is 2.39. The average molecular weight is 268 g/mol. The van der Waals surface area contributed by atoms with E-state index in [9.17, 15) is 9.59 Å². The number of anilines is 1. The van der Waals surface area contributed by atoms with E-state index in [0.717, 1.165) is 0 Å². The Morgan fingerprint density at radius 2 is 1.85 bits per heavy atom. The van der Waals surface area contributed by atoms with E-state index in [1.54, 1.807) is 18.2 Å². The number of benzene rings is 1. The highest BCUT2D eigenvalue weighted by Gasteiger charge is 2.15. The Balaban J connectivity index is 1.95. The minimum absolute atomic E-state index is 0.0200. The molecular weight excluding hydrogens is 256 g/mol. The summed E-state index contributed by atoms with van der Waals surface area (Å²) < 4.78 is 4.69. The molecule has 0 amide bonds. The Morgan fingerprint density at radius 3 is 2.50 bits per heavy atom. The summed E-state index contributed by atoms with van der Waals surface area (Å²) in [6, 6.07) is 12.1. The van der Waals surface area contributed by atoms with Crippen LogP contribution < -0.4 is 5.32 Å². The number of aromatic nitrogens is 1. The Kier molecular flexibility index (Phi) is 4.24. The molecule has 0 radical (unpaired) electrons. The molecule has 2 aromatic rings. The smallest absolute Gasteiger partial charge is 0.362 e. The number of nitrogens with zero attached hydrogens (tertiary/aromatic N) is 1. The molecule has 1 N–H and O–H groups in total. The number of pyridine rings is 1. The largest absolute Gasteiger partial charge is 0.385 e. The number of nitrogens with one attached hydrogen (secondary N) is 1. The van der Waals surface area contributed by atoms with Crippen LogP contribution in [0.5, 0.6) is 0 Å². The van der Waals surface area contributed by atoms with Gasteiger partial charge >= 0.3 is 11.9 Å². The van der Waals surface area contributed by atoms with Gasteiger partial charge in [-0.25, -0.2) is 9.59 Å². The van der Waals surface area contributed by atoms with Gasteiger partial charge in [-0.05, 0) is 24.3 Å². The normalized spacial score (nSPS) is 9.60. The second-order valence-electron chi connectivity index (χ2n) is 3.89. The van der Waals surface area contributed by atoms with Crippen LogP contribution in [-0.2, 0) is 9.53 Å². The number of hydrogen-bond donors (Lipinski definition) is 1. The summed E-state index contributed by atoms with van der Waals surface area (Å²) in [5.74, 6) is -1.60. The summed E-state index contributed by atoms with van der Waals surface area (Å²) >= 11 is 0. The highest BCUT2D eigenvalue weighted by atomic mass is 16.6. The van der Waals surface area contributed by atoms with Crippen molar-refractivity contribution in [1.29, 1.82) is 0 Å². The third-order valence-corrected chi connectivity index (χ3v) is 2.40. The van der Waals surface area contributed by atoms with Crippen molar-refractivity contribution >= 4 is 17.6 Å².